The van der Waals surface area contributed by atoms with Crippen molar-refractivity contribution in [2.24, 2.45) is 4.99 Å². The van der Waals surface area contributed by atoms with E-state index in [1.54, 1.807) is 49.5 Å². The molecule has 2 aromatic carbocycles. The van der Waals surface area contributed by atoms with E-state index >= 15 is 0 Å². The molecule has 2 amide bonds. The quantitative estimate of drug-likeness (QED) is 0.824. The van der Waals surface area contributed by atoms with Crippen LogP contribution in [0.25, 0.3) is 0 Å². The van der Waals surface area contributed by atoms with Crippen molar-refractivity contribution in [3.8, 4) is 11.5 Å². The molecule has 7 nitrogen and oxygen atoms in total. The number of anilines is 1. The Kier molecular flexibility index (Phi) is 5.15. The normalized spacial score (nSPS) is 19.8. The number of hydrogen-bond donors (Lipinski definition) is 1. The minimum Gasteiger partial charge on any atom is -0.454 e. The number of thioether (sulfide) groups is 1. The van der Waals surface area contributed by atoms with Gasteiger partial charge in [0.25, 0.3) is 0 Å². The fraction of sp³-hybridized carbons (Fsp3) is 0.211. The summed E-state index contributed by atoms with van der Waals surface area (Å²) in [5.41, 5.74) is 1.12. The van der Waals surface area contributed by atoms with Gasteiger partial charge in [-0.3, -0.25) is 14.5 Å². The lowest BCUT2D eigenvalue weighted by Crippen LogP contribution is -2.43. The van der Waals surface area contributed by atoms with Gasteiger partial charge in [0.1, 0.15) is 5.25 Å². The van der Waals surface area contributed by atoms with Crippen LogP contribution in [0.1, 0.15) is 6.42 Å². The first kappa shape index (κ1) is 18.6. The highest BCUT2D eigenvalue weighted by Gasteiger charge is 2.34. The summed E-state index contributed by atoms with van der Waals surface area (Å²) in [6.45, 7) is 0.173. The molecular formula is C19H16ClN3O4S. The Labute approximate surface area is 170 Å². The van der Waals surface area contributed by atoms with Gasteiger partial charge in [0.05, 0.1) is 16.4 Å². The second-order valence-electron chi connectivity index (χ2n) is 6.16. The number of nitrogens with zero attached hydrogens (tertiary/aromatic N) is 2. The molecule has 0 radical (unpaired) electrons. The summed E-state index contributed by atoms with van der Waals surface area (Å²) >= 11 is 7.33. The molecule has 0 bridgehead atoms. The highest BCUT2D eigenvalue weighted by Crippen LogP contribution is 2.36. The summed E-state index contributed by atoms with van der Waals surface area (Å²) in [5.74, 6) is 0.779. The van der Waals surface area contributed by atoms with Gasteiger partial charge in [-0.1, -0.05) is 35.5 Å². The minimum atomic E-state index is -0.604. The number of nitrogens with one attached hydrogen (secondary N) is 1. The predicted molar refractivity (Wildman–Crippen MR) is 109 cm³/mol. The molecule has 1 atom stereocenters. The van der Waals surface area contributed by atoms with Crippen LogP contribution in [0.2, 0.25) is 5.02 Å². The maximum Gasteiger partial charge on any atom is 0.238 e. The number of benzene rings is 2. The zero-order valence-corrected chi connectivity index (χ0v) is 16.4. The number of ether oxygens (including phenoxy) is 2. The molecule has 2 aliphatic heterocycles. The number of rotatable bonds is 3. The molecule has 144 valence electrons. The van der Waals surface area contributed by atoms with Crippen molar-refractivity contribution in [3.05, 3.63) is 47.5 Å². The highest BCUT2D eigenvalue weighted by molar-refractivity contribution is 8.15. The topological polar surface area (TPSA) is 80.2 Å². The van der Waals surface area contributed by atoms with Crippen LogP contribution >= 0.6 is 23.4 Å². The largest absolute Gasteiger partial charge is 0.454 e. The van der Waals surface area contributed by atoms with Crippen molar-refractivity contribution >= 4 is 51.7 Å². The molecule has 1 N–H and O–H groups in total. The van der Waals surface area contributed by atoms with Gasteiger partial charge in [-0.25, -0.2) is 4.99 Å². The summed E-state index contributed by atoms with van der Waals surface area (Å²) in [4.78, 5) is 31.0. The molecule has 9 heteroatoms. The fourth-order valence-electron chi connectivity index (χ4n) is 2.74. The average molecular weight is 418 g/mol. The lowest BCUT2D eigenvalue weighted by atomic mass is 10.2. The van der Waals surface area contributed by atoms with E-state index in [2.05, 4.69) is 10.3 Å². The number of amidine groups is 1. The first-order valence-corrected chi connectivity index (χ1v) is 9.74. The SMILES string of the molecule is CN1C(=O)CC(C(=O)Nc2ccccc2Cl)SC1=Nc1ccc2c(c1)OCO2. The number of aliphatic imine (C=N–C) groups is 1. The van der Waals surface area contributed by atoms with Gasteiger partial charge in [0, 0.05) is 19.5 Å². The van der Waals surface area contributed by atoms with Gasteiger partial charge in [0.2, 0.25) is 18.6 Å². The molecule has 0 aliphatic carbocycles. The number of carbonyl (C=O) groups is 2. The molecule has 4 rings (SSSR count). The van der Waals surface area contributed by atoms with Gasteiger partial charge in [-0.2, -0.15) is 0 Å². The minimum absolute atomic E-state index is 0.0810. The number of amides is 2. The third kappa shape index (κ3) is 3.79. The van der Waals surface area contributed by atoms with Crippen LogP contribution in [-0.4, -0.2) is 41.0 Å². The van der Waals surface area contributed by atoms with E-state index in [0.717, 1.165) is 0 Å². The van der Waals surface area contributed by atoms with Gasteiger partial charge < -0.3 is 14.8 Å². The summed E-state index contributed by atoms with van der Waals surface area (Å²) < 4.78 is 10.6. The van der Waals surface area contributed by atoms with E-state index in [9.17, 15) is 9.59 Å². The smallest absolute Gasteiger partial charge is 0.238 e. The van der Waals surface area contributed by atoms with Crippen molar-refractivity contribution in [1.29, 1.82) is 0 Å². The van der Waals surface area contributed by atoms with Crippen molar-refractivity contribution in [3.63, 3.8) is 0 Å². The predicted octanol–water partition coefficient (Wildman–Crippen LogP) is 3.66. The Morgan fingerprint density at radius 1 is 1.25 bits per heavy atom. The van der Waals surface area contributed by atoms with Crippen LogP contribution in [-0.2, 0) is 9.59 Å². The van der Waals surface area contributed by atoms with E-state index in [4.69, 9.17) is 21.1 Å². The van der Waals surface area contributed by atoms with E-state index in [0.29, 0.717) is 33.1 Å². The molecule has 28 heavy (non-hydrogen) atoms. The summed E-state index contributed by atoms with van der Waals surface area (Å²) in [7, 11) is 1.64. The van der Waals surface area contributed by atoms with Gasteiger partial charge in [-0.15, -0.1) is 0 Å². The lowest BCUT2D eigenvalue weighted by molar-refractivity contribution is -0.128. The molecule has 2 heterocycles. The molecule has 0 spiro atoms. The van der Waals surface area contributed by atoms with Crippen LogP contribution in [0.5, 0.6) is 11.5 Å². The Balaban J connectivity index is 1.54. The second kappa shape index (κ2) is 7.73. The zero-order valence-electron chi connectivity index (χ0n) is 14.8. The fourth-order valence-corrected chi connectivity index (χ4v) is 3.99. The Hall–Kier alpha value is -2.71. The molecular weight excluding hydrogens is 402 g/mol. The summed E-state index contributed by atoms with van der Waals surface area (Å²) in [6, 6.07) is 12.2. The highest BCUT2D eigenvalue weighted by atomic mass is 35.5. The molecule has 0 saturated carbocycles. The maximum absolute atomic E-state index is 12.7. The standard InChI is InChI=1S/C19H16ClN3O4S/c1-23-17(24)9-16(18(25)22-13-5-3-2-4-12(13)20)28-19(23)21-11-6-7-14-15(8-11)27-10-26-14/h2-8,16H,9-10H2,1H3,(H,22,25). The molecule has 1 saturated heterocycles. The number of hydrogen-bond acceptors (Lipinski definition) is 6. The molecule has 2 aliphatic rings. The summed E-state index contributed by atoms with van der Waals surface area (Å²) in [6.07, 6.45) is 0.0810. The Morgan fingerprint density at radius 2 is 2.04 bits per heavy atom. The third-order valence-electron chi connectivity index (χ3n) is 4.27. The number of para-hydroxylation sites is 1. The van der Waals surface area contributed by atoms with Crippen molar-refractivity contribution < 1.29 is 19.1 Å². The van der Waals surface area contributed by atoms with Crippen molar-refractivity contribution in [2.45, 2.75) is 11.7 Å². The van der Waals surface area contributed by atoms with Gasteiger partial charge in [0.15, 0.2) is 16.7 Å². The summed E-state index contributed by atoms with van der Waals surface area (Å²) in [5, 5.41) is 3.05. The number of halogens is 1. The molecule has 2 aromatic rings. The van der Waals surface area contributed by atoms with E-state index < -0.39 is 5.25 Å². The van der Waals surface area contributed by atoms with E-state index in [1.807, 2.05) is 0 Å². The second-order valence-corrected chi connectivity index (χ2v) is 7.74. The monoisotopic (exact) mass is 417 g/mol. The van der Waals surface area contributed by atoms with Crippen LogP contribution in [0.3, 0.4) is 0 Å². The molecule has 1 fully saturated rings. The van der Waals surface area contributed by atoms with Crippen LogP contribution < -0.4 is 14.8 Å². The van der Waals surface area contributed by atoms with Gasteiger partial charge in [-0.05, 0) is 24.3 Å². The average Bonchev–Trinajstić information content (AvgIpc) is 3.15. The van der Waals surface area contributed by atoms with Crippen molar-refractivity contribution in [1.82, 2.24) is 4.90 Å². The van der Waals surface area contributed by atoms with Crippen LogP contribution in [0, 0.1) is 0 Å². The van der Waals surface area contributed by atoms with Crippen LogP contribution in [0.4, 0.5) is 11.4 Å². The molecule has 0 aromatic heterocycles. The first-order valence-electron chi connectivity index (χ1n) is 8.48. The van der Waals surface area contributed by atoms with Gasteiger partial charge >= 0.3 is 0 Å². The zero-order chi connectivity index (χ0) is 19.7. The Bertz CT molecular complexity index is 981. The van der Waals surface area contributed by atoms with E-state index in [1.165, 1.54) is 16.7 Å². The van der Waals surface area contributed by atoms with Crippen molar-refractivity contribution in [2.75, 3.05) is 19.2 Å². The third-order valence-corrected chi connectivity index (χ3v) is 5.84. The number of carbonyl (C=O) groups excluding carboxylic acids is 2. The molecule has 1 unspecified atom stereocenters. The lowest BCUT2D eigenvalue weighted by Gasteiger charge is -2.28. The maximum atomic E-state index is 12.7. The Morgan fingerprint density at radius 3 is 2.86 bits per heavy atom. The van der Waals surface area contributed by atoms with E-state index in [-0.39, 0.29) is 25.0 Å². The van der Waals surface area contributed by atoms with Crippen LogP contribution in [0.15, 0.2) is 47.5 Å². The number of fused-ring (bicyclic) bond motifs is 1. The first-order chi connectivity index (χ1) is 13.5.